The van der Waals surface area contributed by atoms with Crippen LogP contribution in [0.3, 0.4) is 0 Å². The van der Waals surface area contributed by atoms with Crippen LogP contribution in [0.2, 0.25) is 0 Å². The van der Waals surface area contributed by atoms with Crippen LogP contribution >= 0.6 is 0 Å². The highest BCUT2D eigenvalue weighted by Crippen LogP contribution is 2.20. The van der Waals surface area contributed by atoms with Crippen LogP contribution in [0.4, 0.5) is 5.82 Å². The second kappa shape index (κ2) is 3.92. The molecule has 2 heterocycles. The molecular weight excluding hydrogens is 202 g/mol. The van der Waals surface area contributed by atoms with Crippen molar-refractivity contribution in [2.75, 3.05) is 5.32 Å². The molecule has 0 spiro atoms. The van der Waals surface area contributed by atoms with Gasteiger partial charge in [0, 0.05) is 6.04 Å². The number of anilines is 1. The number of nitrogens with one attached hydrogen (secondary N) is 2. The Morgan fingerprint density at radius 3 is 3.25 bits per heavy atom. The fourth-order valence-corrected chi connectivity index (χ4v) is 1.99. The Morgan fingerprint density at radius 1 is 1.38 bits per heavy atom. The van der Waals surface area contributed by atoms with E-state index in [9.17, 15) is 0 Å². The van der Waals surface area contributed by atoms with E-state index in [1.54, 1.807) is 12.5 Å². The van der Waals surface area contributed by atoms with Gasteiger partial charge in [0.25, 0.3) is 0 Å². The van der Waals surface area contributed by atoms with Gasteiger partial charge < -0.3 is 5.32 Å². The summed E-state index contributed by atoms with van der Waals surface area (Å²) in [6, 6.07) is 0.377. The molecule has 1 atom stereocenters. The van der Waals surface area contributed by atoms with E-state index in [1.165, 1.54) is 12.8 Å². The first-order chi connectivity index (χ1) is 7.93. The van der Waals surface area contributed by atoms with E-state index >= 15 is 0 Å². The zero-order valence-electron chi connectivity index (χ0n) is 8.85. The van der Waals surface area contributed by atoms with Crippen LogP contribution in [-0.4, -0.2) is 26.2 Å². The van der Waals surface area contributed by atoms with E-state index in [0.717, 1.165) is 23.3 Å². The van der Waals surface area contributed by atoms with Gasteiger partial charge in [-0.15, -0.1) is 0 Å². The van der Waals surface area contributed by atoms with E-state index in [4.69, 9.17) is 0 Å². The van der Waals surface area contributed by atoms with Gasteiger partial charge in [-0.05, 0) is 19.3 Å². The molecule has 0 bridgehead atoms. The summed E-state index contributed by atoms with van der Waals surface area (Å²) in [7, 11) is 0. The highest BCUT2D eigenvalue weighted by Gasteiger charge is 2.11. The summed E-state index contributed by atoms with van der Waals surface area (Å²) in [5.74, 6) is 0.857. The minimum absolute atomic E-state index is 0.377. The molecule has 2 aromatic rings. The zero-order valence-corrected chi connectivity index (χ0v) is 8.85. The number of fused-ring (bicyclic) bond motifs is 1. The molecule has 0 amide bonds. The molecule has 2 N–H and O–H groups in total. The van der Waals surface area contributed by atoms with Gasteiger partial charge in [0.2, 0.25) is 0 Å². The first-order valence-corrected chi connectivity index (χ1v) is 5.51. The Balaban J connectivity index is 1.90. The summed E-state index contributed by atoms with van der Waals surface area (Å²) < 4.78 is 0. The highest BCUT2D eigenvalue weighted by atomic mass is 15.2. The average molecular weight is 215 g/mol. The summed E-state index contributed by atoms with van der Waals surface area (Å²) in [4.78, 5) is 8.36. The van der Waals surface area contributed by atoms with Crippen LogP contribution in [0.5, 0.6) is 0 Å². The van der Waals surface area contributed by atoms with Crippen LogP contribution in [0.1, 0.15) is 19.3 Å². The smallest absolute Gasteiger partial charge is 0.160 e. The Bertz CT molecular complexity index is 516. The second-order valence-corrected chi connectivity index (χ2v) is 3.96. The number of aromatic amines is 1. The van der Waals surface area contributed by atoms with E-state index in [0.29, 0.717) is 6.04 Å². The fraction of sp³-hybridized carbons (Fsp3) is 0.364. The minimum Gasteiger partial charge on any atom is -0.363 e. The van der Waals surface area contributed by atoms with Crippen LogP contribution in [0.25, 0.3) is 11.0 Å². The number of hydrogen-bond acceptors (Lipinski definition) is 4. The molecule has 0 radical (unpaired) electrons. The first kappa shape index (κ1) is 9.33. The van der Waals surface area contributed by atoms with Crippen molar-refractivity contribution in [3.8, 4) is 0 Å². The lowest BCUT2D eigenvalue weighted by Crippen LogP contribution is -2.19. The minimum atomic E-state index is 0.377. The van der Waals surface area contributed by atoms with Gasteiger partial charge in [-0.1, -0.05) is 12.2 Å². The molecule has 16 heavy (non-hydrogen) atoms. The number of nitrogens with zero attached hydrogens (tertiary/aromatic N) is 3. The van der Waals surface area contributed by atoms with Crippen LogP contribution in [0.15, 0.2) is 24.7 Å². The van der Waals surface area contributed by atoms with Gasteiger partial charge in [-0.2, -0.15) is 5.10 Å². The lowest BCUT2D eigenvalue weighted by atomic mass is 10.0. The molecule has 0 saturated carbocycles. The number of hydrogen-bond donors (Lipinski definition) is 2. The number of H-pyrrole nitrogens is 1. The SMILES string of the molecule is C1=C[C@H](Nc2ncnc3[nH]ncc23)CCC1. The third kappa shape index (κ3) is 1.64. The number of aromatic nitrogens is 4. The number of allylic oxidation sites excluding steroid dienone is 1. The molecule has 5 nitrogen and oxygen atoms in total. The molecule has 1 aliphatic rings. The maximum absolute atomic E-state index is 4.26. The van der Waals surface area contributed by atoms with Crippen molar-refractivity contribution in [3.63, 3.8) is 0 Å². The molecule has 2 aromatic heterocycles. The Hall–Kier alpha value is -1.91. The van der Waals surface area contributed by atoms with Crippen molar-refractivity contribution < 1.29 is 0 Å². The zero-order chi connectivity index (χ0) is 10.8. The molecular formula is C11H13N5. The second-order valence-electron chi connectivity index (χ2n) is 3.96. The third-order valence-electron chi connectivity index (χ3n) is 2.82. The molecule has 0 fully saturated rings. The molecule has 0 unspecified atom stereocenters. The predicted octanol–water partition coefficient (Wildman–Crippen LogP) is 1.87. The lowest BCUT2D eigenvalue weighted by molar-refractivity contribution is 0.672. The van der Waals surface area contributed by atoms with E-state index in [1.807, 2.05) is 0 Å². The van der Waals surface area contributed by atoms with Crippen molar-refractivity contribution in [1.82, 2.24) is 20.2 Å². The van der Waals surface area contributed by atoms with E-state index < -0.39 is 0 Å². The van der Waals surface area contributed by atoms with Crippen molar-refractivity contribution >= 4 is 16.9 Å². The standard InChI is InChI=1S/C11H13N5/c1-2-4-8(5-3-1)15-10-9-6-14-16-11(9)13-7-12-10/h2,4,6-8H,1,3,5H2,(H2,12,13,14,15,16)/t8-/m0/s1. The summed E-state index contributed by atoms with van der Waals surface area (Å²) in [5.41, 5.74) is 0.775. The Kier molecular flexibility index (Phi) is 2.29. The summed E-state index contributed by atoms with van der Waals surface area (Å²) >= 11 is 0. The van der Waals surface area contributed by atoms with Gasteiger partial charge in [-0.25, -0.2) is 9.97 Å². The molecule has 3 rings (SSSR count). The topological polar surface area (TPSA) is 66.5 Å². The summed E-state index contributed by atoms with van der Waals surface area (Å²) in [5, 5.41) is 11.2. The van der Waals surface area contributed by atoms with Crippen LogP contribution in [-0.2, 0) is 0 Å². The monoisotopic (exact) mass is 215 g/mol. The van der Waals surface area contributed by atoms with E-state index in [2.05, 4.69) is 37.6 Å². The first-order valence-electron chi connectivity index (χ1n) is 5.51. The van der Waals surface area contributed by atoms with Gasteiger partial charge in [0.1, 0.15) is 12.1 Å². The Labute approximate surface area is 93.0 Å². The summed E-state index contributed by atoms with van der Waals surface area (Å²) in [6.07, 6.45) is 11.3. The maximum Gasteiger partial charge on any atom is 0.160 e. The normalized spacial score (nSPS) is 20.1. The summed E-state index contributed by atoms with van der Waals surface area (Å²) in [6.45, 7) is 0. The molecule has 1 aliphatic carbocycles. The molecule has 0 saturated heterocycles. The molecule has 5 heteroatoms. The van der Waals surface area contributed by atoms with Crippen LogP contribution < -0.4 is 5.32 Å². The van der Waals surface area contributed by atoms with Crippen molar-refractivity contribution in [2.45, 2.75) is 25.3 Å². The highest BCUT2D eigenvalue weighted by molar-refractivity contribution is 5.85. The van der Waals surface area contributed by atoms with E-state index in [-0.39, 0.29) is 0 Å². The third-order valence-corrected chi connectivity index (χ3v) is 2.82. The number of rotatable bonds is 2. The molecule has 0 aliphatic heterocycles. The average Bonchev–Trinajstić information content (AvgIpc) is 2.80. The Morgan fingerprint density at radius 2 is 2.38 bits per heavy atom. The maximum atomic E-state index is 4.26. The van der Waals surface area contributed by atoms with Gasteiger partial charge in [-0.3, -0.25) is 5.10 Å². The van der Waals surface area contributed by atoms with Gasteiger partial charge >= 0.3 is 0 Å². The quantitative estimate of drug-likeness (QED) is 0.750. The largest absolute Gasteiger partial charge is 0.363 e. The molecule has 0 aromatic carbocycles. The van der Waals surface area contributed by atoms with Crippen LogP contribution in [0, 0.1) is 0 Å². The fourth-order valence-electron chi connectivity index (χ4n) is 1.99. The van der Waals surface area contributed by atoms with Crippen molar-refractivity contribution in [3.05, 3.63) is 24.7 Å². The van der Waals surface area contributed by atoms with Crippen molar-refractivity contribution in [1.29, 1.82) is 0 Å². The van der Waals surface area contributed by atoms with Gasteiger partial charge in [0.15, 0.2) is 5.65 Å². The molecule has 82 valence electrons. The van der Waals surface area contributed by atoms with Crippen molar-refractivity contribution in [2.24, 2.45) is 0 Å². The van der Waals surface area contributed by atoms with Gasteiger partial charge in [0.05, 0.1) is 11.6 Å². The lowest BCUT2D eigenvalue weighted by Gasteiger charge is -2.18. The predicted molar refractivity (Wildman–Crippen MR) is 62.1 cm³/mol.